The van der Waals surface area contributed by atoms with Gasteiger partial charge in [-0.1, -0.05) is 0 Å². The van der Waals surface area contributed by atoms with Gasteiger partial charge in [0.25, 0.3) is 5.69 Å². The number of hydrogen-bond acceptors (Lipinski definition) is 6. The molecule has 2 fully saturated rings. The van der Waals surface area contributed by atoms with Crippen LogP contribution in [-0.4, -0.2) is 55.1 Å². The molecule has 8 heteroatoms. The van der Waals surface area contributed by atoms with Crippen molar-refractivity contribution in [2.75, 3.05) is 38.2 Å². The zero-order chi connectivity index (χ0) is 17.3. The van der Waals surface area contributed by atoms with E-state index in [1.165, 1.54) is 19.2 Å². The first-order chi connectivity index (χ1) is 11.5. The molecule has 1 aromatic rings. The Balaban J connectivity index is 1.54. The van der Waals surface area contributed by atoms with Gasteiger partial charge < -0.3 is 9.64 Å². The number of anilines is 1. The van der Waals surface area contributed by atoms with Crippen LogP contribution in [0.5, 0.6) is 0 Å². The summed E-state index contributed by atoms with van der Waals surface area (Å²) in [6, 6.07) is 4.17. The molecule has 0 radical (unpaired) electrons. The summed E-state index contributed by atoms with van der Waals surface area (Å²) in [4.78, 5) is 25.7. The maximum atomic E-state index is 14.1. The van der Waals surface area contributed by atoms with E-state index in [0.717, 1.165) is 32.0 Å². The van der Waals surface area contributed by atoms with E-state index in [4.69, 9.17) is 4.74 Å². The molecule has 0 aromatic heterocycles. The van der Waals surface area contributed by atoms with Gasteiger partial charge >= 0.3 is 5.97 Å². The van der Waals surface area contributed by atoms with E-state index in [-0.39, 0.29) is 17.6 Å². The smallest absolute Gasteiger partial charge is 0.311 e. The summed E-state index contributed by atoms with van der Waals surface area (Å²) < 4.78 is 18.8. The van der Waals surface area contributed by atoms with Crippen molar-refractivity contribution in [2.24, 2.45) is 5.92 Å². The van der Waals surface area contributed by atoms with Crippen LogP contribution in [0, 0.1) is 21.8 Å². The van der Waals surface area contributed by atoms with Gasteiger partial charge in [-0.2, -0.15) is 0 Å². The molecule has 7 nitrogen and oxygen atoms in total. The minimum atomic E-state index is -0.597. The molecule has 2 aliphatic rings. The molecule has 0 saturated carbocycles. The van der Waals surface area contributed by atoms with Gasteiger partial charge in [0.05, 0.1) is 29.7 Å². The molecule has 0 aliphatic carbocycles. The highest BCUT2D eigenvalue weighted by atomic mass is 19.1. The number of esters is 1. The molecule has 1 aromatic carbocycles. The van der Waals surface area contributed by atoms with E-state index >= 15 is 0 Å². The van der Waals surface area contributed by atoms with Crippen LogP contribution in [0.4, 0.5) is 15.8 Å². The van der Waals surface area contributed by atoms with Crippen molar-refractivity contribution in [2.45, 2.75) is 18.9 Å². The number of piperidine rings is 1. The minimum Gasteiger partial charge on any atom is -0.469 e. The molecule has 24 heavy (non-hydrogen) atoms. The molecule has 130 valence electrons. The third kappa shape index (κ3) is 3.19. The van der Waals surface area contributed by atoms with Gasteiger partial charge in [-0.25, -0.2) is 4.39 Å². The third-order valence-electron chi connectivity index (χ3n) is 4.91. The van der Waals surface area contributed by atoms with Crippen LogP contribution in [0.25, 0.3) is 0 Å². The van der Waals surface area contributed by atoms with E-state index < -0.39 is 10.7 Å². The molecule has 3 rings (SSSR count). The molecule has 2 aliphatic heterocycles. The maximum Gasteiger partial charge on any atom is 0.311 e. The van der Waals surface area contributed by atoms with Crippen LogP contribution in [0.1, 0.15) is 12.8 Å². The van der Waals surface area contributed by atoms with E-state index in [1.54, 1.807) is 0 Å². The van der Waals surface area contributed by atoms with Gasteiger partial charge in [0, 0.05) is 38.3 Å². The van der Waals surface area contributed by atoms with Crippen LogP contribution < -0.4 is 4.90 Å². The zero-order valence-electron chi connectivity index (χ0n) is 13.5. The van der Waals surface area contributed by atoms with Gasteiger partial charge in [-0.15, -0.1) is 0 Å². The highest BCUT2D eigenvalue weighted by Crippen LogP contribution is 2.30. The highest BCUT2D eigenvalue weighted by Gasteiger charge is 2.38. The number of carbonyl (C=O) groups is 1. The number of nitrogens with zero attached hydrogens (tertiary/aromatic N) is 3. The summed E-state index contributed by atoms with van der Waals surface area (Å²) in [6.45, 7) is 2.84. The molecule has 0 bridgehead atoms. The van der Waals surface area contributed by atoms with Crippen molar-refractivity contribution in [3.8, 4) is 0 Å². The van der Waals surface area contributed by atoms with Crippen LogP contribution in [0.3, 0.4) is 0 Å². The summed E-state index contributed by atoms with van der Waals surface area (Å²) in [7, 11) is 1.40. The van der Waals surface area contributed by atoms with E-state index in [2.05, 4.69) is 4.90 Å². The van der Waals surface area contributed by atoms with Crippen molar-refractivity contribution >= 4 is 17.3 Å². The number of methoxy groups -OCH3 is 1. The molecule has 0 spiro atoms. The van der Waals surface area contributed by atoms with Crippen LogP contribution in [-0.2, 0) is 9.53 Å². The lowest BCUT2D eigenvalue weighted by Crippen LogP contribution is -2.57. The molecule has 0 unspecified atom stereocenters. The SMILES string of the molecule is COC(=O)C1CN(C2CCN(c3ccc([N+](=O)[O-])cc3F)CC2)C1. The Hall–Kier alpha value is -2.22. The number of nitro benzene ring substituents is 1. The summed E-state index contributed by atoms with van der Waals surface area (Å²) in [6.07, 6.45) is 1.76. The van der Waals surface area contributed by atoms with Gasteiger partial charge in [0.2, 0.25) is 0 Å². The fourth-order valence-corrected chi connectivity index (χ4v) is 3.46. The number of likely N-dealkylation sites (tertiary alicyclic amines) is 1. The predicted octanol–water partition coefficient (Wildman–Crippen LogP) is 1.81. The molecule has 2 heterocycles. The van der Waals surface area contributed by atoms with Crippen LogP contribution in [0.15, 0.2) is 18.2 Å². The summed E-state index contributed by atoms with van der Waals surface area (Å²) in [5.41, 5.74) is 0.177. The fourth-order valence-electron chi connectivity index (χ4n) is 3.46. The monoisotopic (exact) mass is 337 g/mol. The number of non-ortho nitro benzene ring substituents is 1. The van der Waals surface area contributed by atoms with Gasteiger partial charge in [0.1, 0.15) is 0 Å². The lowest BCUT2D eigenvalue weighted by Gasteiger charge is -2.46. The first-order valence-corrected chi connectivity index (χ1v) is 8.00. The Kier molecular flexibility index (Phi) is 4.66. The molecule has 0 N–H and O–H groups in total. The Morgan fingerprint density at radius 2 is 2.00 bits per heavy atom. The Labute approximate surface area is 139 Å². The number of hydrogen-bond donors (Lipinski definition) is 0. The molecular formula is C16H20FN3O4. The van der Waals surface area contributed by atoms with Crippen LogP contribution >= 0.6 is 0 Å². The average molecular weight is 337 g/mol. The number of rotatable bonds is 4. The maximum absolute atomic E-state index is 14.1. The van der Waals surface area contributed by atoms with Crippen LogP contribution in [0.2, 0.25) is 0 Å². The average Bonchev–Trinajstić information content (AvgIpc) is 2.54. The first-order valence-electron chi connectivity index (χ1n) is 8.00. The molecule has 0 amide bonds. The van der Waals surface area contributed by atoms with Crippen molar-refractivity contribution in [3.05, 3.63) is 34.1 Å². The number of nitro groups is 1. The van der Waals surface area contributed by atoms with E-state index in [9.17, 15) is 19.3 Å². The second-order valence-electron chi connectivity index (χ2n) is 6.29. The predicted molar refractivity (Wildman–Crippen MR) is 85.4 cm³/mol. The summed E-state index contributed by atoms with van der Waals surface area (Å²) >= 11 is 0. The quantitative estimate of drug-likeness (QED) is 0.474. The van der Waals surface area contributed by atoms with E-state index in [1.807, 2.05) is 4.90 Å². The Morgan fingerprint density at radius 1 is 1.33 bits per heavy atom. The molecular weight excluding hydrogens is 317 g/mol. The third-order valence-corrected chi connectivity index (χ3v) is 4.91. The number of carbonyl (C=O) groups excluding carboxylic acids is 1. The topological polar surface area (TPSA) is 75.9 Å². The van der Waals surface area contributed by atoms with Crippen molar-refractivity contribution in [3.63, 3.8) is 0 Å². The van der Waals surface area contributed by atoms with Crippen molar-refractivity contribution in [1.82, 2.24) is 4.90 Å². The number of ether oxygens (including phenoxy) is 1. The normalized spacial score (nSPS) is 19.8. The second-order valence-corrected chi connectivity index (χ2v) is 6.29. The lowest BCUT2D eigenvalue weighted by molar-refractivity contribution is -0.385. The van der Waals surface area contributed by atoms with Gasteiger partial charge in [-0.05, 0) is 18.9 Å². The second kappa shape index (κ2) is 6.72. The van der Waals surface area contributed by atoms with Crippen molar-refractivity contribution < 1.29 is 18.8 Å². The molecule has 2 saturated heterocycles. The summed E-state index contributed by atoms with van der Waals surface area (Å²) in [5.74, 6) is -0.742. The summed E-state index contributed by atoms with van der Waals surface area (Å²) in [5, 5.41) is 10.7. The standard InChI is InChI=1S/C16H20FN3O4/c1-24-16(21)11-9-19(10-11)12-4-6-18(7-5-12)15-3-2-13(20(22)23)8-14(15)17/h2-3,8,11-12H,4-7,9-10H2,1H3. The van der Waals surface area contributed by atoms with Crippen molar-refractivity contribution in [1.29, 1.82) is 0 Å². The minimum absolute atomic E-state index is 0.0276. The number of halogens is 1. The Morgan fingerprint density at radius 3 is 2.54 bits per heavy atom. The largest absolute Gasteiger partial charge is 0.469 e. The zero-order valence-corrected chi connectivity index (χ0v) is 13.5. The van der Waals surface area contributed by atoms with E-state index in [0.29, 0.717) is 24.8 Å². The fraction of sp³-hybridized carbons (Fsp3) is 0.562. The first kappa shape index (κ1) is 16.6. The number of benzene rings is 1. The Bertz CT molecular complexity index is 640. The van der Waals surface area contributed by atoms with Gasteiger partial charge in [0.15, 0.2) is 5.82 Å². The molecule has 0 atom stereocenters. The lowest BCUT2D eigenvalue weighted by atomic mass is 9.93. The highest BCUT2D eigenvalue weighted by molar-refractivity contribution is 5.73. The van der Waals surface area contributed by atoms with Gasteiger partial charge in [-0.3, -0.25) is 19.8 Å².